The number of hydrogen-bond donors (Lipinski definition) is 0. The monoisotopic (exact) mass is 482 g/mol. The van der Waals surface area contributed by atoms with Crippen LogP contribution in [-0.2, 0) is 26.4 Å². The minimum atomic E-state index is -0.446. The SMILES string of the molecule is C[C@H]1[CH]C=CCC[CH-]1.[C-]#[O+].[C-]#[O+].[Fe].c1ccc(P(c2ccccc2)c2ccccc2)cc1. The summed E-state index contributed by atoms with van der Waals surface area (Å²) < 4.78 is 15.0. The second-order valence-electron chi connectivity index (χ2n) is 6.63. The van der Waals surface area contributed by atoms with Crippen molar-refractivity contribution >= 4 is 23.8 Å². The standard InChI is InChI=1S/C18H15P.C8H12.2CO.Fe/c1-4-10-16(11-5-1)19(17-12-6-2-7-13-17)18-14-8-3-9-15-18;1-8-6-4-2-3-5-7-8;2*1-2;/h1-15H;2,4,6-8H,3,5H2,1H3;;;/q;-1;;;/t;8-;;;/m.0.../s1. The van der Waals surface area contributed by atoms with Crippen LogP contribution in [0, 0.1) is 32.1 Å². The molecule has 0 heterocycles. The molecule has 1 aliphatic carbocycles. The molecule has 0 saturated carbocycles. The van der Waals surface area contributed by atoms with Gasteiger partial charge in [-0.15, -0.1) is 0 Å². The molecule has 0 bridgehead atoms. The molecular formula is C28H27FeO2P-. The number of benzene rings is 3. The molecular weight excluding hydrogens is 455 g/mol. The van der Waals surface area contributed by atoms with Gasteiger partial charge in [0.05, 0.1) is 0 Å². The van der Waals surface area contributed by atoms with E-state index in [0.717, 1.165) is 0 Å². The van der Waals surface area contributed by atoms with Crippen LogP contribution in [-0.4, -0.2) is 0 Å². The largest absolute Gasteiger partial charge is 0.0622 e. The normalized spacial score (nSPS) is 13.9. The molecule has 0 aromatic heterocycles. The predicted molar refractivity (Wildman–Crippen MR) is 129 cm³/mol. The van der Waals surface area contributed by atoms with E-state index in [1.54, 1.807) is 0 Å². The summed E-state index contributed by atoms with van der Waals surface area (Å²) >= 11 is 0. The van der Waals surface area contributed by atoms with Crippen molar-refractivity contribution < 1.29 is 26.4 Å². The van der Waals surface area contributed by atoms with Crippen LogP contribution in [0.1, 0.15) is 19.8 Å². The molecule has 1 radical (unpaired) electrons. The van der Waals surface area contributed by atoms with Crippen LogP contribution in [0.15, 0.2) is 103 Å². The molecule has 3 aromatic rings. The van der Waals surface area contributed by atoms with Crippen LogP contribution >= 0.6 is 7.92 Å². The fourth-order valence-electron chi connectivity index (χ4n) is 3.06. The van der Waals surface area contributed by atoms with Crippen molar-refractivity contribution in [3.8, 4) is 0 Å². The molecule has 4 rings (SSSR count). The van der Waals surface area contributed by atoms with E-state index in [1.165, 1.54) is 28.8 Å². The van der Waals surface area contributed by atoms with Crippen LogP contribution < -0.4 is 15.9 Å². The molecule has 1 aliphatic rings. The van der Waals surface area contributed by atoms with Gasteiger partial charge >= 0.3 is 22.6 Å². The molecule has 2 nitrogen and oxygen atoms in total. The van der Waals surface area contributed by atoms with Gasteiger partial charge in [0, 0.05) is 17.1 Å². The van der Waals surface area contributed by atoms with E-state index in [2.05, 4.69) is 136 Å². The van der Waals surface area contributed by atoms with Gasteiger partial charge in [0.2, 0.25) is 0 Å². The average molecular weight is 482 g/mol. The van der Waals surface area contributed by atoms with Gasteiger partial charge in [-0.3, -0.25) is 0 Å². The fourth-order valence-corrected chi connectivity index (χ4v) is 5.37. The first kappa shape index (κ1) is 29.8. The van der Waals surface area contributed by atoms with Gasteiger partial charge in [0.1, 0.15) is 0 Å². The molecule has 0 saturated heterocycles. The Labute approximate surface area is 204 Å². The molecule has 4 heteroatoms. The van der Waals surface area contributed by atoms with E-state index < -0.39 is 7.92 Å². The maximum atomic E-state index is 7.50. The second-order valence-corrected chi connectivity index (χ2v) is 8.85. The van der Waals surface area contributed by atoms with Crippen LogP contribution in [0.2, 0.25) is 0 Å². The first-order chi connectivity index (χ1) is 15.3. The molecule has 0 spiro atoms. The smallest absolute Gasteiger partial charge is 0 e. The zero-order chi connectivity index (χ0) is 22.7. The Morgan fingerprint density at radius 3 is 1.47 bits per heavy atom. The first-order valence-corrected chi connectivity index (χ1v) is 11.4. The van der Waals surface area contributed by atoms with Crippen molar-refractivity contribution in [1.82, 2.24) is 0 Å². The molecule has 3 aromatic carbocycles. The van der Waals surface area contributed by atoms with E-state index in [0.29, 0.717) is 5.92 Å². The summed E-state index contributed by atoms with van der Waals surface area (Å²) in [6.45, 7) is 11.2. The van der Waals surface area contributed by atoms with E-state index in [4.69, 9.17) is 9.30 Å². The topological polar surface area (TPSA) is 39.8 Å². The zero-order valence-corrected chi connectivity index (χ0v) is 20.1. The second kappa shape index (κ2) is 19.5. The van der Waals surface area contributed by atoms with Crippen molar-refractivity contribution in [2.45, 2.75) is 19.8 Å². The summed E-state index contributed by atoms with van der Waals surface area (Å²) in [5, 5.41) is 4.19. The molecule has 0 aliphatic heterocycles. The zero-order valence-electron chi connectivity index (χ0n) is 18.1. The van der Waals surface area contributed by atoms with Gasteiger partial charge in [-0.25, -0.2) is 0 Å². The van der Waals surface area contributed by atoms with Crippen LogP contribution in [0.5, 0.6) is 0 Å². The average Bonchev–Trinajstić information content (AvgIpc) is 3.12. The Hall–Kier alpha value is -2.17. The van der Waals surface area contributed by atoms with Crippen molar-refractivity contribution in [1.29, 1.82) is 0 Å². The number of hydrogen-bond acceptors (Lipinski definition) is 0. The van der Waals surface area contributed by atoms with E-state index >= 15 is 0 Å². The Morgan fingerprint density at radius 2 is 1.09 bits per heavy atom. The van der Waals surface area contributed by atoms with Gasteiger partial charge < -0.3 is 6.42 Å². The molecule has 0 amide bonds. The van der Waals surface area contributed by atoms with Crippen LogP contribution in [0.4, 0.5) is 0 Å². The summed E-state index contributed by atoms with van der Waals surface area (Å²) in [5.41, 5.74) is 0. The quantitative estimate of drug-likeness (QED) is 0.198. The van der Waals surface area contributed by atoms with Crippen LogP contribution in [0.25, 0.3) is 0 Å². The Bertz CT molecular complexity index is 793. The van der Waals surface area contributed by atoms with E-state index in [9.17, 15) is 0 Å². The van der Waals surface area contributed by atoms with Gasteiger partial charge in [0.15, 0.2) is 0 Å². The molecule has 32 heavy (non-hydrogen) atoms. The van der Waals surface area contributed by atoms with Gasteiger partial charge in [-0.1, -0.05) is 116 Å². The number of rotatable bonds is 3. The summed E-state index contributed by atoms with van der Waals surface area (Å²) in [6, 6.07) is 32.3. The number of allylic oxidation sites excluding steroid dienone is 2. The summed E-state index contributed by atoms with van der Waals surface area (Å²) in [5.74, 6) is 0.689. The third-order valence-corrected chi connectivity index (χ3v) is 6.91. The summed E-state index contributed by atoms with van der Waals surface area (Å²) in [4.78, 5) is 0. The minimum Gasteiger partial charge on any atom is -0.0622 e. The van der Waals surface area contributed by atoms with E-state index in [-0.39, 0.29) is 17.1 Å². The fraction of sp³-hybridized carbons (Fsp3) is 0.143. The van der Waals surface area contributed by atoms with Crippen molar-refractivity contribution in [3.05, 3.63) is 129 Å². The van der Waals surface area contributed by atoms with Gasteiger partial charge in [-0.2, -0.15) is 12.3 Å². The third-order valence-electron chi connectivity index (χ3n) is 4.47. The third kappa shape index (κ3) is 10.9. The van der Waals surface area contributed by atoms with Crippen molar-refractivity contribution in [2.75, 3.05) is 0 Å². The van der Waals surface area contributed by atoms with Crippen molar-refractivity contribution in [2.24, 2.45) is 5.92 Å². The van der Waals surface area contributed by atoms with E-state index in [1.807, 2.05) is 0 Å². The van der Waals surface area contributed by atoms with Crippen LogP contribution in [0.3, 0.4) is 0 Å². The maximum Gasteiger partial charge on any atom is 0 e. The molecule has 0 N–H and O–H groups in total. The van der Waals surface area contributed by atoms with Crippen molar-refractivity contribution in [3.63, 3.8) is 0 Å². The van der Waals surface area contributed by atoms with Gasteiger partial charge in [-0.05, 0) is 30.3 Å². The Kier molecular flexibility index (Phi) is 18.2. The molecule has 0 fully saturated rings. The first-order valence-electron chi connectivity index (χ1n) is 10.0. The minimum absolute atomic E-state index is 0. The maximum absolute atomic E-state index is 7.50. The Morgan fingerprint density at radius 1 is 0.719 bits per heavy atom. The Balaban J connectivity index is 0.000000625. The molecule has 165 valence electrons. The summed E-state index contributed by atoms with van der Waals surface area (Å²) in [7, 11) is -0.446. The molecule has 0 unspecified atom stereocenters. The van der Waals surface area contributed by atoms with Gasteiger partial charge in [0.25, 0.3) is 0 Å². The summed E-state index contributed by atoms with van der Waals surface area (Å²) in [6.07, 6.45) is 11.4. The molecule has 1 atom stereocenters. The predicted octanol–water partition coefficient (Wildman–Crippen LogP) is 5.75.